The van der Waals surface area contributed by atoms with Crippen LogP contribution >= 0.6 is 0 Å². The van der Waals surface area contributed by atoms with Gasteiger partial charge in [0.15, 0.2) is 0 Å². The van der Waals surface area contributed by atoms with E-state index in [4.69, 9.17) is 0 Å². The second-order valence-corrected chi connectivity index (χ2v) is 14.7. The van der Waals surface area contributed by atoms with Crippen LogP contribution in [0, 0.1) is 0 Å². The zero-order valence-corrected chi connectivity index (χ0v) is 29.8. The molecule has 0 amide bonds. The molecule has 0 heterocycles. The minimum atomic E-state index is -0.324. The molecule has 0 aliphatic heterocycles. The number of benzene rings is 8. The maximum atomic E-state index is 2.42. The zero-order valence-electron chi connectivity index (χ0n) is 29.8. The molecule has 0 radical (unpaired) electrons. The van der Waals surface area contributed by atoms with Crippen molar-refractivity contribution in [1.29, 1.82) is 0 Å². The highest BCUT2D eigenvalue weighted by Crippen LogP contribution is 2.64. The van der Waals surface area contributed by atoms with Crippen molar-refractivity contribution in [3.8, 4) is 44.5 Å². The van der Waals surface area contributed by atoms with Crippen LogP contribution < -0.4 is 0 Å². The first-order valence-electron chi connectivity index (χ1n) is 19.0. The summed E-state index contributed by atoms with van der Waals surface area (Å²) in [6.45, 7) is 0. The molecule has 8 aromatic rings. The molecule has 0 aromatic heterocycles. The maximum Gasteiger partial charge on any atom is 0.0728 e. The summed E-state index contributed by atoms with van der Waals surface area (Å²) >= 11 is 0. The predicted molar refractivity (Wildman–Crippen MR) is 221 cm³/mol. The van der Waals surface area contributed by atoms with Crippen molar-refractivity contribution < 1.29 is 0 Å². The topological polar surface area (TPSA) is 0 Å². The molecule has 10 rings (SSSR count). The number of hydrogen-bond acceptors (Lipinski definition) is 0. The average molecular weight is 677 g/mol. The Morgan fingerprint density at radius 2 is 0.811 bits per heavy atom. The lowest BCUT2D eigenvalue weighted by molar-refractivity contribution is 0.615. The third-order valence-corrected chi connectivity index (χ3v) is 11.9. The summed E-state index contributed by atoms with van der Waals surface area (Å²) in [6, 6.07) is 74.6. The van der Waals surface area contributed by atoms with Gasteiger partial charge in [0.2, 0.25) is 0 Å². The quantitative estimate of drug-likeness (QED) is 0.143. The third-order valence-electron chi connectivity index (χ3n) is 11.9. The second-order valence-electron chi connectivity index (χ2n) is 14.7. The fourth-order valence-electron chi connectivity index (χ4n) is 9.48. The maximum absolute atomic E-state index is 2.42. The Bertz CT molecular complexity index is 2490. The van der Waals surface area contributed by atoms with Crippen molar-refractivity contribution in [2.24, 2.45) is 0 Å². The lowest BCUT2D eigenvalue weighted by atomic mass is 9.68. The zero-order chi connectivity index (χ0) is 35.2. The van der Waals surface area contributed by atoms with Crippen molar-refractivity contribution >= 4 is 0 Å². The van der Waals surface area contributed by atoms with Crippen LogP contribution in [0.3, 0.4) is 0 Å². The number of aryl methyl sites for hydroxylation is 1. The van der Waals surface area contributed by atoms with E-state index in [-0.39, 0.29) is 5.41 Å². The fraction of sp³-hybridized carbons (Fsp3) is 0.0943. The summed E-state index contributed by atoms with van der Waals surface area (Å²) in [5.41, 5.74) is 20.1. The van der Waals surface area contributed by atoms with E-state index in [1.54, 1.807) is 0 Å². The van der Waals surface area contributed by atoms with Crippen LogP contribution in [-0.4, -0.2) is 0 Å². The molecule has 252 valence electrons. The van der Waals surface area contributed by atoms with E-state index in [1.165, 1.54) is 83.5 Å². The molecule has 1 atom stereocenters. The van der Waals surface area contributed by atoms with E-state index in [0.717, 1.165) is 19.3 Å². The van der Waals surface area contributed by atoms with Crippen molar-refractivity contribution in [2.75, 3.05) is 0 Å². The Morgan fingerprint density at radius 3 is 1.40 bits per heavy atom. The third kappa shape index (κ3) is 5.20. The number of hydrogen-bond donors (Lipinski definition) is 0. The van der Waals surface area contributed by atoms with Gasteiger partial charge < -0.3 is 0 Å². The van der Waals surface area contributed by atoms with E-state index < -0.39 is 0 Å². The molecule has 1 unspecified atom stereocenters. The lowest BCUT2D eigenvalue weighted by Gasteiger charge is -2.33. The first-order chi connectivity index (χ1) is 26.3. The van der Waals surface area contributed by atoms with Gasteiger partial charge in [0.25, 0.3) is 0 Å². The first kappa shape index (κ1) is 31.5. The Kier molecular flexibility index (Phi) is 7.76. The number of fused-ring (bicyclic) bond motifs is 6. The van der Waals surface area contributed by atoms with Gasteiger partial charge in [-0.3, -0.25) is 0 Å². The highest BCUT2D eigenvalue weighted by molar-refractivity contribution is 5.98. The molecule has 0 spiro atoms. The number of rotatable bonds is 9. The summed E-state index contributed by atoms with van der Waals surface area (Å²) in [4.78, 5) is 0. The van der Waals surface area contributed by atoms with E-state index in [0.29, 0.717) is 5.92 Å². The Hall–Kier alpha value is -6.24. The van der Waals surface area contributed by atoms with Gasteiger partial charge in [0.05, 0.1) is 5.41 Å². The first-order valence-corrected chi connectivity index (χ1v) is 19.0. The van der Waals surface area contributed by atoms with Gasteiger partial charge in [-0.1, -0.05) is 200 Å². The standard InChI is InChI=1S/C53H40/c1-3-14-38(15-4-1)40-28-26-37(27-29-40)36-44(42-32-30-41(31-33-42)39-16-5-2-6-17-39)35-34-43-18-7-10-23-49(43)53-50-24-11-8-19-45(50)47-21-13-22-48(52(47)53)46-20-9-12-25-51(46)53/h1-33,44H,34-36H2. The molecule has 0 saturated heterocycles. The highest BCUT2D eigenvalue weighted by Gasteiger charge is 2.52. The van der Waals surface area contributed by atoms with Gasteiger partial charge >= 0.3 is 0 Å². The highest BCUT2D eigenvalue weighted by atomic mass is 14.5. The van der Waals surface area contributed by atoms with Gasteiger partial charge in [-0.2, -0.15) is 0 Å². The molecule has 8 aromatic carbocycles. The summed E-state index contributed by atoms with van der Waals surface area (Å²) in [5, 5.41) is 0. The molecular formula is C53H40. The summed E-state index contributed by atoms with van der Waals surface area (Å²) in [7, 11) is 0. The molecule has 0 N–H and O–H groups in total. The van der Waals surface area contributed by atoms with Crippen LogP contribution in [0.2, 0.25) is 0 Å². The van der Waals surface area contributed by atoms with Crippen molar-refractivity contribution in [1.82, 2.24) is 0 Å². The minimum Gasteiger partial charge on any atom is -0.0622 e. The van der Waals surface area contributed by atoms with Crippen molar-refractivity contribution in [3.63, 3.8) is 0 Å². The Labute approximate surface area is 313 Å². The van der Waals surface area contributed by atoms with E-state index in [9.17, 15) is 0 Å². The van der Waals surface area contributed by atoms with Crippen LogP contribution in [0.1, 0.15) is 51.3 Å². The van der Waals surface area contributed by atoms with Crippen LogP contribution in [0.5, 0.6) is 0 Å². The summed E-state index contributed by atoms with van der Waals surface area (Å²) < 4.78 is 0. The summed E-state index contributed by atoms with van der Waals surface area (Å²) in [6.07, 6.45) is 3.04. The molecule has 0 nitrogen and oxygen atoms in total. The normalized spacial score (nSPS) is 13.6. The Balaban J connectivity index is 1.04. The monoisotopic (exact) mass is 676 g/mol. The van der Waals surface area contributed by atoms with Crippen LogP contribution in [0.15, 0.2) is 200 Å². The molecule has 0 bridgehead atoms. The van der Waals surface area contributed by atoms with Gasteiger partial charge in [0.1, 0.15) is 0 Å². The molecular weight excluding hydrogens is 637 g/mol. The molecule has 53 heavy (non-hydrogen) atoms. The second kappa shape index (κ2) is 13.1. The predicted octanol–water partition coefficient (Wildman–Crippen LogP) is 13.3. The molecule has 2 aliphatic rings. The molecule has 0 heteroatoms. The SMILES string of the molecule is c1ccc(-c2ccc(CC(CCc3ccccc3C34c5ccccc5-c5cccc(c53)-c3ccccc34)c3ccc(-c4ccccc4)cc3)cc2)cc1. The van der Waals surface area contributed by atoms with E-state index >= 15 is 0 Å². The fourth-order valence-corrected chi connectivity index (χ4v) is 9.48. The van der Waals surface area contributed by atoms with Crippen molar-refractivity contribution in [2.45, 2.75) is 30.6 Å². The van der Waals surface area contributed by atoms with Gasteiger partial charge in [-0.15, -0.1) is 0 Å². The molecule has 0 fully saturated rings. The average Bonchev–Trinajstić information content (AvgIpc) is 3.71. The van der Waals surface area contributed by atoms with Crippen LogP contribution in [0.25, 0.3) is 44.5 Å². The van der Waals surface area contributed by atoms with Gasteiger partial charge in [-0.25, -0.2) is 0 Å². The lowest BCUT2D eigenvalue weighted by Crippen LogP contribution is -2.27. The largest absolute Gasteiger partial charge is 0.0728 e. The smallest absolute Gasteiger partial charge is 0.0622 e. The minimum absolute atomic E-state index is 0.324. The van der Waals surface area contributed by atoms with Gasteiger partial charge in [0, 0.05) is 0 Å². The van der Waals surface area contributed by atoms with E-state index in [1.807, 2.05) is 0 Å². The van der Waals surface area contributed by atoms with Crippen molar-refractivity contribution in [3.05, 3.63) is 239 Å². The molecule has 2 aliphatic carbocycles. The van der Waals surface area contributed by atoms with E-state index in [2.05, 4.69) is 200 Å². The summed E-state index contributed by atoms with van der Waals surface area (Å²) in [5.74, 6) is 0.363. The Morgan fingerprint density at radius 1 is 0.358 bits per heavy atom. The molecule has 0 saturated carbocycles. The van der Waals surface area contributed by atoms with Gasteiger partial charge in [-0.05, 0) is 109 Å². The van der Waals surface area contributed by atoms with Crippen LogP contribution in [-0.2, 0) is 18.3 Å². The van der Waals surface area contributed by atoms with Crippen LogP contribution in [0.4, 0.5) is 0 Å².